The highest BCUT2D eigenvalue weighted by Crippen LogP contribution is 2.66. The van der Waals surface area contributed by atoms with Crippen LogP contribution in [-0.4, -0.2) is 181 Å². The number of hydrogen-bond donors (Lipinski definition) is 13. The Morgan fingerprint density at radius 2 is 0.885 bits per heavy atom. The van der Waals surface area contributed by atoms with E-state index in [-0.39, 0.29) is 124 Å². The number of nitro groups is 3. The maximum absolute atomic E-state index is 13.0. The molecule has 50 heteroatoms. The minimum atomic E-state index is -5.73. The highest BCUT2D eigenvalue weighted by Gasteiger charge is 2.48. The van der Waals surface area contributed by atoms with Gasteiger partial charge in [0.1, 0.15) is 37.0 Å². The zero-order valence-electron chi connectivity index (χ0n) is 62.2. The number of nitro benzene ring substituents is 3. The van der Waals surface area contributed by atoms with Crippen LogP contribution in [0.25, 0.3) is 33.5 Å². The zero-order chi connectivity index (χ0) is 82.7. The minimum absolute atomic E-state index is 0.00968. The van der Waals surface area contributed by atoms with Gasteiger partial charge < -0.3 is 73.9 Å². The molecule has 0 saturated carbocycles. The summed E-state index contributed by atoms with van der Waals surface area (Å²) in [5.41, 5.74) is 0.175. The summed E-state index contributed by atoms with van der Waals surface area (Å²) in [7, 11) is -20.9. The molecule has 6 aromatic heterocycles. The van der Waals surface area contributed by atoms with E-state index in [0.29, 0.717) is 35.4 Å². The number of aliphatic hydroxyl groups excluding tert-OH is 3. The number of phosphoric ester groups is 1. The number of para-hydroxylation sites is 3. The molecule has 113 heavy (non-hydrogen) atoms. The first kappa shape index (κ1) is 86.2. The van der Waals surface area contributed by atoms with Crippen LogP contribution in [0.2, 0.25) is 36.3 Å². The molecule has 0 bridgehead atoms. The molecule has 3 aliphatic rings. The van der Waals surface area contributed by atoms with Crippen molar-refractivity contribution < 1.29 is 99.6 Å². The Labute approximate surface area is 641 Å². The molecule has 0 aliphatic carbocycles. The maximum atomic E-state index is 13.0. The SMILES string of the molecule is CC(C)(C)[Si](C)(C)OC[C@H]1O[C@@H](n2cnc3c(=O)[nH]c(NCc4ccccc4[N+](=O)[O-])nc32)CC1O[Si](C)(C)C(C)(C)C.O=c1[nH]c(NCc2ccccc2[N+](=O)[O-])nc2c1ncn2[C@H]1CC(O)[C@@H](CO)O1.O=c1[nH]c(NCc2ccccc2[N+](=O)[O-])nc2c1ncn2[C@H]1CC(O)[C@@H](COP(=O)(O)OP(=O)(O)OP(=O)(O)O)O1. The smallest absolute Gasteiger partial charge is 0.414 e. The molecule has 13 N–H and O–H groups in total. The average Bonchev–Trinajstić information content (AvgIpc) is 1.62. The fraction of sp³-hybridized carbons (Fsp3) is 0.476. The summed E-state index contributed by atoms with van der Waals surface area (Å²) in [6.45, 7) is 21.5. The number of phosphoric acid groups is 3. The molecule has 612 valence electrons. The molecule has 3 aliphatic heterocycles. The third-order valence-corrected chi connectivity index (χ3v) is 32.2. The molecule has 9 heterocycles. The van der Waals surface area contributed by atoms with Crippen LogP contribution in [0.15, 0.2) is 106 Å². The summed E-state index contributed by atoms with van der Waals surface area (Å²) < 4.78 is 81.8. The lowest BCUT2D eigenvalue weighted by atomic mass is 10.2. The largest absolute Gasteiger partial charge is 0.490 e. The van der Waals surface area contributed by atoms with Gasteiger partial charge in [0, 0.05) is 73.8 Å². The highest BCUT2D eigenvalue weighted by atomic mass is 31.3. The fourth-order valence-corrected chi connectivity index (χ4v) is 16.9. The number of anilines is 3. The number of fused-ring (bicyclic) bond motifs is 3. The Kier molecular flexibility index (Phi) is 26.3. The lowest BCUT2D eigenvalue weighted by Crippen LogP contribution is -2.48. The van der Waals surface area contributed by atoms with E-state index >= 15 is 0 Å². The lowest BCUT2D eigenvalue weighted by molar-refractivity contribution is -0.385. The van der Waals surface area contributed by atoms with Gasteiger partial charge in [-0.05, 0) is 36.3 Å². The number of aromatic nitrogens is 12. The topological polar surface area (TPSA) is 623 Å². The molecular formula is C63H85N18O27P3Si2. The molecule has 45 nitrogen and oxygen atoms in total. The number of rotatable bonds is 28. The number of nitrogens with zero attached hydrogens (tertiary/aromatic N) is 12. The first-order valence-corrected chi connectivity index (χ1v) is 45.0. The molecule has 9 aromatic rings. The van der Waals surface area contributed by atoms with Gasteiger partial charge in [-0.3, -0.25) is 77.9 Å². The molecule has 0 radical (unpaired) electrons. The molecule has 0 amide bonds. The van der Waals surface area contributed by atoms with Crippen LogP contribution in [0.5, 0.6) is 0 Å². The van der Waals surface area contributed by atoms with Crippen molar-refractivity contribution in [1.29, 1.82) is 0 Å². The van der Waals surface area contributed by atoms with Crippen molar-refractivity contribution in [2.45, 2.75) is 172 Å². The number of imidazole rings is 3. The van der Waals surface area contributed by atoms with Crippen molar-refractivity contribution >= 4 is 109 Å². The van der Waals surface area contributed by atoms with Crippen LogP contribution in [0.4, 0.5) is 34.9 Å². The summed E-state index contributed by atoms with van der Waals surface area (Å²) in [5.74, 6) is 0.229. The van der Waals surface area contributed by atoms with Crippen molar-refractivity contribution in [3.05, 3.63) is 170 Å². The van der Waals surface area contributed by atoms with Crippen molar-refractivity contribution in [3.63, 3.8) is 0 Å². The summed E-state index contributed by atoms with van der Waals surface area (Å²) >= 11 is 0. The molecule has 11 atom stereocenters. The van der Waals surface area contributed by atoms with Crippen LogP contribution in [0, 0.1) is 30.3 Å². The van der Waals surface area contributed by atoms with Gasteiger partial charge in [-0.1, -0.05) is 96.1 Å². The van der Waals surface area contributed by atoms with E-state index < -0.39 is 121 Å². The van der Waals surface area contributed by atoms with Crippen LogP contribution < -0.4 is 32.6 Å². The van der Waals surface area contributed by atoms with E-state index in [0.717, 1.165) is 0 Å². The second-order valence-corrected chi connectivity index (χ2v) is 43.2. The first-order chi connectivity index (χ1) is 52.8. The summed E-state index contributed by atoms with van der Waals surface area (Å²) in [6.07, 6.45) is -2.16. The van der Waals surface area contributed by atoms with E-state index in [4.69, 9.17) is 32.8 Å². The third kappa shape index (κ3) is 21.1. The minimum Gasteiger partial charge on any atom is -0.414 e. The molecule has 3 saturated heterocycles. The Morgan fingerprint density at radius 3 is 1.24 bits per heavy atom. The number of H-pyrrole nitrogens is 3. The van der Waals surface area contributed by atoms with Crippen LogP contribution in [-0.2, 0) is 69.5 Å². The molecule has 5 unspecified atom stereocenters. The summed E-state index contributed by atoms with van der Waals surface area (Å²) in [6, 6.07) is 18.6. The van der Waals surface area contributed by atoms with Crippen molar-refractivity contribution in [2.75, 3.05) is 35.8 Å². The molecule has 12 rings (SSSR count). The lowest BCUT2D eigenvalue weighted by Gasteiger charge is -2.40. The number of benzene rings is 3. The first-order valence-electron chi connectivity index (χ1n) is 34.6. The van der Waals surface area contributed by atoms with Crippen LogP contribution >= 0.6 is 23.5 Å². The predicted molar refractivity (Wildman–Crippen MR) is 405 cm³/mol. The van der Waals surface area contributed by atoms with Crippen molar-refractivity contribution in [2.24, 2.45) is 0 Å². The number of ether oxygens (including phenoxy) is 3. The maximum Gasteiger partial charge on any atom is 0.490 e. The van der Waals surface area contributed by atoms with E-state index in [2.05, 4.69) is 142 Å². The third-order valence-electron chi connectivity index (χ3n) is 19.4. The van der Waals surface area contributed by atoms with Gasteiger partial charge in [0.2, 0.25) is 17.8 Å². The standard InChI is InChI=1S/C29H46N6O6Si2.C17H21N6O15P3.C17H18N6O6/c1-28(2,3)42(7,8)39-17-22-21(41-43(9,10)29(4,5)6)15-23(40-22)34-18-31-24-25(34)32-27(33-26(24)36)30-16-19-13-11-12-14-20(19)35(37)38;24-11-5-13(36-12(11)7-35-40(31,32)38-41(33,34)37-39(28,29)30)22-8-19-14-15(22)20-17(21-16(14)25)18-6-9-3-1-2-4-10(9)23(26)27;24-7-12-11(25)5-13(29-12)22-8-19-14-15(22)20-17(21-16(14)26)18-6-9-3-1-2-4-10(9)23(27)28/h11-14,18,21-23H,15-17H2,1-10H3,(H2,30,32,33,36);1-4,8,11-13,24H,5-7H2,(H,31,32)(H,33,34)(H2,28,29,30)(H2,18,20,21,25);1-4,8,11-13,24-25H,5-7H2,(H2,18,20,21,26)/t21?,22-,23-;2*11?,12-,13-/m111/s1. The Hall–Kier alpha value is -9.17. The Morgan fingerprint density at radius 1 is 0.531 bits per heavy atom. The van der Waals surface area contributed by atoms with Crippen molar-refractivity contribution in [3.8, 4) is 0 Å². The van der Waals surface area contributed by atoms with Gasteiger partial charge in [0.25, 0.3) is 33.7 Å². The van der Waals surface area contributed by atoms with Gasteiger partial charge in [-0.2, -0.15) is 23.6 Å². The summed E-state index contributed by atoms with van der Waals surface area (Å²) in [4.78, 5) is 140. The fourth-order valence-electron chi connectivity index (χ4n) is 11.5. The van der Waals surface area contributed by atoms with Crippen LogP contribution in [0.3, 0.4) is 0 Å². The van der Waals surface area contributed by atoms with Gasteiger partial charge in [-0.15, -0.1) is 0 Å². The van der Waals surface area contributed by atoms with Gasteiger partial charge >= 0.3 is 23.5 Å². The Balaban J connectivity index is 0.000000183. The van der Waals surface area contributed by atoms with Crippen LogP contribution in [0.1, 0.15) is 96.2 Å². The highest BCUT2D eigenvalue weighted by molar-refractivity contribution is 7.66. The number of nitrogens with one attached hydrogen (secondary N) is 6. The Bertz CT molecular complexity index is 5320. The summed E-state index contributed by atoms with van der Waals surface area (Å²) in [5, 5.41) is 72.1. The monoisotopic (exact) mass is 1670 g/mol. The van der Waals surface area contributed by atoms with Gasteiger partial charge in [0.15, 0.2) is 50.1 Å². The van der Waals surface area contributed by atoms with E-state index in [9.17, 15) is 83.5 Å². The molecule has 3 fully saturated rings. The van der Waals surface area contributed by atoms with Crippen molar-refractivity contribution in [1.82, 2.24) is 58.6 Å². The zero-order valence-corrected chi connectivity index (χ0v) is 66.9. The second-order valence-electron chi connectivity index (χ2n) is 29.2. The van der Waals surface area contributed by atoms with E-state index in [1.807, 2.05) is 0 Å². The average molecular weight is 1680 g/mol. The van der Waals surface area contributed by atoms with E-state index in [1.165, 1.54) is 52.1 Å². The normalized spacial score (nSPS) is 21.3. The number of aromatic amines is 3. The van der Waals surface area contributed by atoms with E-state index in [1.54, 1.807) is 53.4 Å². The quantitative estimate of drug-likeness (QED) is 0.00993. The van der Waals surface area contributed by atoms with Gasteiger partial charge in [-0.25, -0.2) is 28.6 Å². The van der Waals surface area contributed by atoms with Gasteiger partial charge in [0.05, 0.1) is 71.9 Å². The molecular weight excluding hydrogens is 1590 g/mol. The number of aliphatic hydroxyl groups is 3. The molecule has 3 aromatic carbocycles. The predicted octanol–water partition coefficient (Wildman–Crippen LogP) is 7.25. The number of hydrogen-bond acceptors (Lipinski definition) is 32. The second kappa shape index (κ2) is 34.5. The molecule has 0 spiro atoms.